The zero-order chi connectivity index (χ0) is 14.9. The van der Waals surface area contributed by atoms with Crippen molar-refractivity contribution in [3.05, 3.63) is 40.3 Å². The first-order chi connectivity index (χ1) is 10.0. The van der Waals surface area contributed by atoms with E-state index in [0.717, 1.165) is 5.01 Å². The van der Waals surface area contributed by atoms with Gasteiger partial charge in [0.25, 0.3) is 5.95 Å². The van der Waals surface area contributed by atoms with Crippen LogP contribution in [0.2, 0.25) is 5.28 Å². The summed E-state index contributed by atoms with van der Waals surface area (Å²) in [4.78, 5) is 16.8. The Morgan fingerprint density at radius 1 is 1.24 bits per heavy atom. The minimum absolute atomic E-state index is 0.105. The van der Waals surface area contributed by atoms with E-state index >= 15 is 0 Å². The van der Waals surface area contributed by atoms with E-state index in [1.54, 1.807) is 36.0 Å². The van der Waals surface area contributed by atoms with Gasteiger partial charge in [-0.15, -0.1) is 11.3 Å². The fourth-order valence-corrected chi connectivity index (χ4v) is 2.62. The van der Waals surface area contributed by atoms with E-state index in [4.69, 9.17) is 11.6 Å². The SMILES string of the molecule is CC(C)(Nc1nc(Cl)nc(-n2cccn2)n1)c1nccs1. The summed E-state index contributed by atoms with van der Waals surface area (Å²) in [5.41, 5.74) is -0.416. The third-order valence-electron chi connectivity index (χ3n) is 2.70. The smallest absolute Gasteiger partial charge is 0.256 e. The van der Waals surface area contributed by atoms with Crippen molar-refractivity contribution in [2.45, 2.75) is 19.4 Å². The van der Waals surface area contributed by atoms with Gasteiger partial charge >= 0.3 is 0 Å². The van der Waals surface area contributed by atoms with Crippen LogP contribution in [0, 0.1) is 0 Å². The number of halogens is 1. The summed E-state index contributed by atoms with van der Waals surface area (Å²) in [6.45, 7) is 3.99. The molecule has 21 heavy (non-hydrogen) atoms. The molecular weight excluding hydrogens is 310 g/mol. The normalized spacial score (nSPS) is 11.6. The molecule has 3 aromatic heterocycles. The summed E-state index contributed by atoms with van der Waals surface area (Å²) in [6.07, 6.45) is 5.14. The number of thiazole rings is 1. The molecule has 0 aliphatic rings. The molecule has 0 fully saturated rings. The molecule has 0 aliphatic heterocycles. The number of aromatic nitrogens is 6. The summed E-state index contributed by atoms with van der Waals surface area (Å²) < 4.78 is 1.52. The lowest BCUT2D eigenvalue weighted by Crippen LogP contribution is -2.29. The van der Waals surface area contributed by atoms with Crippen molar-refractivity contribution in [3.63, 3.8) is 0 Å². The molecular formula is C12H12ClN7S. The van der Waals surface area contributed by atoms with Crippen LogP contribution in [-0.2, 0) is 5.54 Å². The summed E-state index contributed by atoms with van der Waals surface area (Å²) in [7, 11) is 0. The van der Waals surface area contributed by atoms with Crippen LogP contribution in [0.3, 0.4) is 0 Å². The molecule has 0 aliphatic carbocycles. The Balaban J connectivity index is 1.93. The third-order valence-corrected chi connectivity index (χ3v) is 3.96. The van der Waals surface area contributed by atoms with E-state index < -0.39 is 5.54 Å². The van der Waals surface area contributed by atoms with E-state index in [9.17, 15) is 0 Å². The largest absolute Gasteiger partial charge is 0.343 e. The van der Waals surface area contributed by atoms with Gasteiger partial charge in [0.2, 0.25) is 11.2 Å². The average Bonchev–Trinajstić information content (AvgIpc) is 3.12. The highest BCUT2D eigenvalue weighted by Gasteiger charge is 2.24. The number of anilines is 1. The van der Waals surface area contributed by atoms with E-state index in [1.165, 1.54) is 4.68 Å². The maximum Gasteiger partial charge on any atom is 0.256 e. The monoisotopic (exact) mass is 321 g/mol. The zero-order valence-electron chi connectivity index (χ0n) is 11.4. The molecule has 0 atom stereocenters. The average molecular weight is 322 g/mol. The Labute approximate surface area is 130 Å². The lowest BCUT2D eigenvalue weighted by atomic mass is 10.1. The van der Waals surface area contributed by atoms with Crippen molar-refractivity contribution < 1.29 is 0 Å². The molecule has 9 heteroatoms. The van der Waals surface area contributed by atoms with Crippen molar-refractivity contribution >= 4 is 28.9 Å². The molecule has 0 amide bonds. The number of hydrogen-bond donors (Lipinski definition) is 1. The molecule has 0 bridgehead atoms. The summed E-state index contributed by atoms with van der Waals surface area (Å²) in [5.74, 6) is 0.734. The van der Waals surface area contributed by atoms with Crippen LogP contribution in [0.15, 0.2) is 30.0 Å². The van der Waals surface area contributed by atoms with Crippen molar-refractivity contribution in [2.24, 2.45) is 0 Å². The minimum atomic E-state index is -0.416. The molecule has 0 saturated carbocycles. The fraction of sp³-hybridized carbons (Fsp3) is 0.250. The molecule has 3 aromatic rings. The summed E-state index contributed by atoms with van der Waals surface area (Å²) >= 11 is 7.52. The molecule has 3 rings (SSSR count). The second-order valence-electron chi connectivity index (χ2n) is 4.77. The highest BCUT2D eigenvalue weighted by Crippen LogP contribution is 2.26. The standard InChI is InChI=1S/C12H12ClN7S/c1-12(2,8-14-5-7-21-8)19-10-16-9(13)17-11(18-10)20-6-3-4-15-20/h3-7H,1-2H3,(H,16,17,18,19). The quantitative estimate of drug-likeness (QED) is 0.795. The number of hydrogen-bond acceptors (Lipinski definition) is 7. The Morgan fingerprint density at radius 2 is 2.10 bits per heavy atom. The predicted octanol–water partition coefficient (Wildman–Crippen LogP) is 2.51. The Hall–Kier alpha value is -2.06. The summed E-state index contributed by atoms with van der Waals surface area (Å²) in [6, 6.07) is 1.78. The molecule has 0 radical (unpaired) electrons. The molecule has 0 spiro atoms. The van der Waals surface area contributed by atoms with E-state index in [0.29, 0.717) is 11.9 Å². The second-order valence-corrected chi connectivity index (χ2v) is 6.00. The van der Waals surface area contributed by atoms with Gasteiger partial charge in [-0.2, -0.15) is 20.1 Å². The van der Waals surface area contributed by atoms with E-state index in [1.807, 2.05) is 19.2 Å². The molecule has 1 N–H and O–H groups in total. The maximum atomic E-state index is 5.96. The van der Waals surface area contributed by atoms with E-state index in [-0.39, 0.29) is 5.28 Å². The number of nitrogens with zero attached hydrogens (tertiary/aromatic N) is 6. The van der Waals surface area contributed by atoms with Crippen LogP contribution in [0.1, 0.15) is 18.9 Å². The highest BCUT2D eigenvalue weighted by atomic mass is 35.5. The van der Waals surface area contributed by atoms with Crippen LogP contribution in [0.25, 0.3) is 5.95 Å². The first-order valence-electron chi connectivity index (χ1n) is 6.14. The third kappa shape index (κ3) is 3.01. The van der Waals surface area contributed by atoms with Crippen molar-refractivity contribution in [1.29, 1.82) is 0 Å². The lowest BCUT2D eigenvalue weighted by molar-refractivity contribution is 0.595. The molecule has 3 heterocycles. The minimum Gasteiger partial charge on any atom is -0.343 e. The van der Waals surface area contributed by atoms with Gasteiger partial charge in [-0.1, -0.05) is 0 Å². The van der Waals surface area contributed by atoms with Crippen LogP contribution in [-0.4, -0.2) is 29.7 Å². The fourth-order valence-electron chi connectivity index (χ4n) is 1.75. The molecule has 0 saturated heterocycles. The first-order valence-corrected chi connectivity index (χ1v) is 7.40. The second kappa shape index (κ2) is 5.38. The summed E-state index contributed by atoms with van der Waals surface area (Å²) in [5, 5.41) is 10.3. The molecule has 7 nitrogen and oxygen atoms in total. The topological polar surface area (TPSA) is 81.4 Å². The number of rotatable bonds is 4. The van der Waals surface area contributed by atoms with Gasteiger partial charge in [0.1, 0.15) is 5.01 Å². The Bertz CT molecular complexity index is 724. The molecule has 0 aromatic carbocycles. The van der Waals surface area contributed by atoms with Gasteiger partial charge in [0.05, 0.1) is 5.54 Å². The zero-order valence-corrected chi connectivity index (χ0v) is 12.9. The van der Waals surface area contributed by atoms with Gasteiger partial charge in [-0.05, 0) is 31.5 Å². The van der Waals surface area contributed by atoms with Gasteiger partial charge in [0, 0.05) is 24.0 Å². The highest BCUT2D eigenvalue weighted by molar-refractivity contribution is 7.09. The van der Waals surface area contributed by atoms with Gasteiger partial charge in [0.15, 0.2) is 0 Å². The number of nitrogens with one attached hydrogen (secondary N) is 1. The van der Waals surface area contributed by atoms with Crippen LogP contribution < -0.4 is 5.32 Å². The van der Waals surface area contributed by atoms with Crippen molar-refractivity contribution in [1.82, 2.24) is 29.7 Å². The predicted molar refractivity (Wildman–Crippen MR) is 80.7 cm³/mol. The van der Waals surface area contributed by atoms with Gasteiger partial charge < -0.3 is 5.32 Å². The Kier molecular flexibility index (Phi) is 3.56. The van der Waals surface area contributed by atoms with Crippen molar-refractivity contribution in [2.75, 3.05) is 5.32 Å². The van der Waals surface area contributed by atoms with Gasteiger partial charge in [-0.25, -0.2) is 9.67 Å². The first kappa shape index (κ1) is 13.9. The van der Waals surface area contributed by atoms with E-state index in [2.05, 4.69) is 30.4 Å². The molecule has 108 valence electrons. The molecule has 0 unspecified atom stereocenters. The van der Waals surface area contributed by atoms with Crippen LogP contribution in [0.5, 0.6) is 0 Å². The van der Waals surface area contributed by atoms with Gasteiger partial charge in [-0.3, -0.25) is 0 Å². The lowest BCUT2D eigenvalue weighted by Gasteiger charge is -2.23. The van der Waals surface area contributed by atoms with Crippen molar-refractivity contribution in [3.8, 4) is 5.95 Å². The van der Waals surface area contributed by atoms with Crippen LogP contribution >= 0.6 is 22.9 Å². The van der Waals surface area contributed by atoms with Crippen LogP contribution in [0.4, 0.5) is 5.95 Å². The maximum absolute atomic E-state index is 5.96. The Morgan fingerprint density at radius 3 is 2.76 bits per heavy atom.